The van der Waals surface area contributed by atoms with Crippen LogP contribution >= 0.6 is 0 Å². The molecule has 0 fully saturated rings. The fourth-order valence-corrected chi connectivity index (χ4v) is 5.54. The van der Waals surface area contributed by atoms with Gasteiger partial charge in [-0.3, -0.25) is 14.5 Å². The Morgan fingerprint density at radius 3 is 2.53 bits per heavy atom. The predicted molar refractivity (Wildman–Crippen MR) is 130 cm³/mol. The molecule has 3 aromatic carbocycles. The zero-order valence-electron chi connectivity index (χ0n) is 19.0. The molecular weight excluding hydrogens is 426 g/mol. The van der Waals surface area contributed by atoms with Crippen LogP contribution in [0.2, 0.25) is 0 Å². The molecule has 1 aromatic heterocycles. The standard InChI is InChI=1S/C29H25NO4/c1-17-6-5-9-21-20(17)10-11-23-25(21)27(32)28(33)26-22-12-13-30(15-24(22)34-29(23)26)19(16-31)14-18-7-3-2-4-8-18/h2-11,19,31H,12-16H2,1H3/t19-/m0/s1. The van der Waals surface area contributed by atoms with Gasteiger partial charge in [-0.2, -0.15) is 0 Å². The van der Waals surface area contributed by atoms with Gasteiger partial charge in [-0.05, 0) is 47.7 Å². The highest BCUT2D eigenvalue weighted by Crippen LogP contribution is 2.43. The highest BCUT2D eigenvalue weighted by molar-refractivity contribution is 6.54. The van der Waals surface area contributed by atoms with Crippen LogP contribution in [-0.2, 0) is 19.4 Å². The van der Waals surface area contributed by atoms with Crippen molar-refractivity contribution in [1.82, 2.24) is 4.90 Å². The number of furan rings is 1. The summed E-state index contributed by atoms with van der Waals surface area (Å²) in [6.45, 7) is 3.24. The van der Waals surface area contributed by atoms with E-state index in [9.17, 15) is 14.7 Å². The summed E-state index contributed by atoms with van der Waals surface area (Å²) >= 11 is 0. The summed E-state index contributed by atoms with van der Waals surface area (Å²) in [5.74, 6) is 0.305. The predicted octanol–water partition coefficient (Wildman–Crippen LogP) is 4.75. The third-order valence-electron chi connectivity index (χ3n) is 7.31. The number of hydrogen-bond donors (Lipinski definition) is 1. The summed E-state index contributed by atoms with van der Waals surface area (Å²) in [5, 5.41) is 11.9. The minimum Gasteiger partial charge on any atom is -0.459 e. The first-order valence-electron chi connectivity index (χ1n) is 11.7. The summed E-state index contributed by atoms with van der Waals surface area (Å²) in [6, 6.07) is 19.8. The molecule has 1 aliphatic heterocycles. The quantitative estimate of drug-likeness (QED) is 0.454. The molecule has 0 bridgehead atoms. The number of carbonyl (C=O) groups is 2. The van der Waals surface area contributed by atoms with E-state index in [2.05, 4.69) is 17.0 Å². The maximum absolute atomic E-state index is 13.3. The first kappa shape index (κ1) is 21.0. The average molecular weight is 452 g/mol. The van der Waals surface area contributed by atoms with Crippen LogP contribution in [0, 0.1) is 6.92 Å². The molecule has 0 spiro atoms. The van der Waals surface area contributed by atoms with Crippen molar-refractivity contribution in [3.63, 3.8) is 0 Å². The van der Waals surface area contributed by atoms with Crippen molar-refractivity contribution in [2.24, 2.45) is 0 Å². The number of fused-ring (bicyclic) bond motifs is 7. The first-order chi connectivity index (χ1) is 16.6. The lowest BCUT2D eigenvalue weighted by Gasteiger charge is -2.33. The normalized spacial score (nSPS) is 16.3. The maximum atomic E-state index is 13.3. The fraction of sp³-hybridized carbons (Fsp3) is 0.241. The van der Waals surface area contributed by atoms with Gasteiger partial charge in [-0.15, -0.1) is 0 Å². The molecule has 1 atom stereocenters. The SMILES string of the molecule is Cc1cccc2c3c(ccc12)-c1oc2c(c1C(=O)C3=O)CCN([C@H](CO)Cc1ccccc1)C2. The van der Waals surface area contributed by atoms with Crippen LogP contribution in [0.5, 0.6) is 0 Å². The van der Waals surface area contributed by atoms with E-state index in [1.54, 1.807) is 0 Å². The Hall–Kier alpha value is -3.54. The number of nitrogens with zero attached hydrogens (tertiary/aromatic N) is 1. The molecule has 4 aromatic rings. The van der Waals surface area contributed by atoms with Gasteiger partial charge in [0.25, 0.3) is 0 Å². The second kappa shape index (κ2) is 8.05. The fourth-order valence-electron chi connectivity index (χ4n) is 5.54. The molecule has 0 radical (unpaired) electrons. The van der Waals surface area contributed by atoms with Gasteiger partial charge < -0.3 is 9.52 Å². The van der Waals surface area contributed by atoms with E-state index in [0.29, 0.717) is 42.0 Å². The number of hydrogen-bond acceptors (Lipinski definition) is 5. The molecule has 0 saturated carbocycles. The van der Waals surface area contributed by atoms with E-state index < -0.39 is 11.6 Å². The van der Waals surface area contributed by atoms with Crippen LogP contribution in [0.1, 0.15) is 43.2 Å². The number of benzene rings is 3. The lowest BCUT2D eigenvalue weighted by atomic mass is 9.82. The Labute approximate surface area is 197 Å². The smallest absolute Gasteiger partial charge is 0.237 e. The molecule has 2 aliphatic rings. The van der Waals surface area contributed by atoms with Crippen LogP contribution < -0.4 is 0 Å². The topological polar surface area (TPSA) is 70.8 Å². The molecule has 6 rings (SSSR count). The number of aryl methyl sites for hydroxylation is 1. The molecular formula is C29H25NO4. The van der Waals surface area contributed by atoms with Gasteiger partial charge in [0.15, 0.2) is 0 Å². The van der Waals surface area contributed by atoms with Gasteiger partial charge in [0.05, 0.1) is 18.7 Å². The van der Waals surface area contributed by atoms with Crippen LogP contribution in [0.25, 0.3) is 22.1 Å². The van der Waals surface area contributed by atoms with Crippen LogP contribution in [0.3, 0.4) is 0 Å². The molecule has 2 heterocycles. The molecule has 5 heteroatoms. The molecule has 170 valence electrons. The van der Waals surface area contributed by atoms with Gasteiger partial charge >= 0.3 is 0 Å². The van der Waals surface area contributed by atoms with Crippen LogP contribution in [0.4, 0.5) is 0 Å². The second-order valence-corrected chi connectivity index (χ2v) is 9.27. The van der Waals surface area contributed by atoms with E-state index in [4.69, 9.17) is 4.42 Å². The van der Waals surface area contributed by atoms with Crippen molar-refractivity contribution >= 4 is 22.3 Å². The van der Waals surface area contributed by atoms with E-state index in [-0.39, 0.29) is 12.6 Å². The van der Waals surface area contributed by atoms with E-state index in [1.807, 2.05) is 55.5 Å². The third-order valence-corrected chi connectivity index (χ3v) is 7.31. The lowest BCUT2D eigenvalue weighted by Crippen LogP contribution is -2.42. The molecule has 0 amide bonds. The average Bonchev–Trinajstić information content (AvgIpc) is 3.25. The number of ketones is 2. The minimum atomic E-state index is -0.474. The molecule has 5 nitrogen and oxygen atoms in total. The van der Waals surface area contributed by atoms with Crippen molar-refractivity contribution in [3.8, 4) is 11.3 Å². The second-order valence-electron chi connectivity index (χ2n) is 9.27. The Bertz CT molecular complexity index is 1450. The van der Waals surface area contributed by atoms with Gasteiger partial charge in [-0.1, -0.05) is 54.6 Å². The Morgan fingerprint density at radius 1 is 0.941 bits per heavy atom. The summed E-state index contributed by atoms with van der Waals surface area (Å²) in [6.07, 6.45) is 1.35. The molecule has 34 heavy (non-hydrogen) atoms. The third kappa shape index (κ3) is 3.16. The Kier molecular flexibility index (Phi) is 4.97. The van der Waals surface area contributed by atoms with Gasteiger partial charge in [0, 0.05) is 29.3 Å². The van der Waals surface area contributed by atoms with Crippen molar-refractivity contribution in [2.75, 3.05) is 13.2 Å². The van der Waals surface area contributed by atoms with Crippen molar-refractivity contribution < 1.29 is 19.1 Å². The first-order valence-corrected chi connectivity index (χ1v) is 11.7. The number of aliphatic hydroxyl groups is 1. The zero-order chi connectivity index (χ0) is 23.4. The number of aliphatic hydroxyl groups excluding tert-OH is 1. The van der Waals surface area contributed by atoms with Crippen molar-refractivity contribution in [1.29, 1.82) is 0 Å². The zero-order valence-corrected chi connectivity index (χ0v) is 19.0. The van der Waals surface area contributed by atoms with Crippen molar-refractivity contribution in [3.05, 3.63) is 94.2 Å². The Balaban J connectivity index is 1.40. The van der Waals surface area contributed by atoms with E-state index >= 15 is 0 Å². The van der Waals surface area contributed by atoms with Gasteiger partial charge in [0.1, 0.15) is 11.5 Å². The van der Waals surface area contributed by atoms with Gasteiger partial charge in [-0.25, -0.2) is 0 Å². The molecule has 0 unspecified atom stereocenters. The number of carbonyl (C=O) groups excluding carboxylic acids is 2. The van der Waals surface area contributed by atoms with E-state index in [1.165, 1.54) is 5.56 Å². The Morgan fingerprint density at radius 2 is 1.74 bits per heavy atom. The molecule has 0 saturated heterocycles. The minimum absolute atomic E-state index is 0.0379. The highest BCUT2D eigenvalue weighted by Gasteiger charge is 2.40. The summed E-state index contributed by atoms with van der Waals surface area (Å²) in [7, 11) is 0. The highest BCUT2D eigenvalue weighted by atomic mass is 16.3. The number of rotatable bonds is 4. The summed E-state index contributed by atoms with van der Waals surface area (Å²) < 4.78 is 6.33. The monoisotopic (exact) mass is 451 g/mol. The van der Waals surface area contributed by atoms with Gasteiger partial charge in [0.2, 0.25) is 11.6 Å². The largest absolute Gasteiger partial charge is 0.459 e. The molecule has 1 N–H and O–H groups in total. The van der Waals surface area contributed by atoms with E-state index in [0.717, 1.165) is 34.1 Å². The molecule has 1 aliphatic carbocycles. The van der Waals surface area contributed by atoms with Crippen LogP contribution in [0.15, 0.2) is 65.1 Å². The maximum Gasteiger partial charge on any atom is 0.237 e. The number of Topliss-reactive ketones (excluding diaryl/α,β-unsaturated/α-hetero) is 2. The summed E-state index contributed by atoms with van der Waals surface area (Å²) in [4.78, 5) is 28.8. The van der Waals surface area contributed by atoms with Crippen molar-refractivity contribution in [2.45, 2.75) is 32.4 Å². The van der Waals surface area contributed by atoms with Crippen LogP contribution in [-0.4, -0.2) is 40.8 Å². The lowest BCUT2D eigenvalue weighted by molar-refractivity contribution is 0.0814. The summed E-state index contributed by atoms with van der Waals surface area (Å²) in [5.41, 5.74) is 4.65.